The van der Waals surface area contributed by atoms with Gasteiger partial charge >= 0.3 is 0 Å². The number of benzene rings is 1. The third-order valence-electron chi connectivity index (χ3n) is 4.52. The number of likely N-dealkylation sites (tertiary alicyclic amines) is 1. The Morgan fingerprint density at radius 2 is 2.05 bits per heavy atom. The van der Waals surface area contributed by atoms with Crippen molar-refractivity contribution < 1.29 is 9.53 Å². The van der Waals surface area contributed by atoms with Crippen LogP contribution in [-0.2, 0) is 4.79 Å². The molecule has 3 rings (SSSR count). The lowest BCUT2D eigenvalue weighted by Crippen LogP contribution is -2.39. The molecule has 2 heterocycles. The molecule has 2 unspecified atom stereocenters. The van der Waals surface area contributed by atoms with Crippen LogP contribution in [-0.4, -0.2) is 48.8 Å². The Kier molecular flexibility index (Phi) is 5.26. The lowest BCUT2D eigenvalue weighted by Gasteiger charge is -2.24. The van der Waals surface area contributed by atoms with Crippen LogP contribution in [0.4, 0.5) is 0 Å². The van der Waals surface area contributed by atoms with E-state index in [0.717, 1.165) is 31.0 Å². The summed E-state index contributed by atoms with van der Waals surface area (Å²) in [6, 6.07) is 9.16. The average Bonchev–Trinajstić information content (AvgIpc) is 2.87. The number of carbonyl (C=O) groups is 1. The highest BCUT2D eigenvalue weighted by atomic mass is 32.2. The van der Waals surface area contributed by atoms with Gasteiger partial charge in [-0.2, -0.15) is 0 Å². The zero-order valence-electron chi connectivity index (χ0n) is 13.1. The van der Waals surface area contributed by atoms with E-state index < -0.39 is 0 Å². The van der Waals surface area contributed by atoms with E-state index in [9.17, 15) is 4.79 Å². The second-order valence-electron chi connectivity index (χ2n) is 6.04. The number of hydrogen-bond acceptors (Lipinski definition) is 4. The molecule has 120 valence electrons. The molecule has 5 heteroatoms. The Bertz CT molecular complexity index is 506. The van der Waals surface area contributed by atoms with Gasteiger partial charge in [0.25, 0.3) is 0 Å². The molecule has 0 saturated carbocycles. The molecule has 2 bridgehead atoms. The summed E-state index contributed by atoms with van der Waals surface area (Å²) in [5.41, 5.74) is 0. The quantitative estimate of drug-likeness (QED) is 0.847. The van der Waals surface area contributed by atoms with Gasteiger partial charge in [0.15, 0.2) is 0 Å². The summed E-state index contributed by atoms with van der Waals surface area (Å²) in [6.07, 6.45) is 4.22. The Morgan fingerprint density at radius 1 is 1.27 bits per heavy atom. The molecule has 1 aromatic carbocycles. The molecule has 4 nitrogen and oxygen atoms in total. The predicted molar refractivity (Wildman–Crippen MR) is 89.5 cm³/mol. The van der Waals surface area contributed by atoms with Crippen LogP contribution in [0.25, 0.3) is 0 Å². The fourth-order valence-electron chi connectivity index (χ4n) is 3.26. The van der Waals surface area contributed by atoms with Gasteiger partial charge in [-0.25, -0.2) is 0 Å². The highest BCUT2D eigenvalue weighted by Gasteiger charge is 2.30. The molecule has 22 heavy (non-hydrogen) atoms. The zero-order chi connectivity index (χ0) is 15.4. The van der Waals surface area contributed by atoms with Crippen LogP contribution in [0.1, 0.15) is 25.7 Å². The van der Waals surface area contributed by atoms with Crippen LogP contribution in [0.3, 0.4) is 0 Å². The Hall–Kier alpha value is -1.20. The van der Waals surface area contributed by atoms with Gasteiger partial charge in [-0.15, -0.1) is 11.8 Å². The first-order valence-corrected chi connectivity index (χ1v) is 9.04. The van der Waals surface area contributed by atoms with Crippen LogP contribution >= 0.6 is 11.8 Å². The lowest BCUT2D eigenvalue weighted by molar-refractivity contribution is -0.130. The van der Waals surface area contributed by atoms with Gasteiger partial charge in [-0.1, -0.05) is 0 Å². The van der Waals surface area contributed by atoms with E-state index >= 15 is 0 Å². The van der Waals surface area contributed by atoms with E-state index in [1.807, 2.05) is 24.3 Å². The van der Waals surface area contributed by atoms with Crippen molar-refractivity contribution in [2.24, 2.45) is 0 Å². The maximum absolute atomic E-state index is 12.4. The molecule has 1 aromatic rings. The topological polar surface area (TPSA) is 41.6 Å². The lowest BCUT2D eigenvalue weighted by atomic mass is 10.1. The molecule has 1 amide bonds. The molecule has 1 N–H and O–H groups in total. The van der Waals surface area contributed by atoms with E-state index in [2.05, 4.69) is 10.2 Å². The normalized spacial score (nSPS) is 24.1. The maximum Gasteiger partial charge on any atom is 0.223 e. The van der Waals surface area contributed by atoms with Crippen LogP contribution in [0.2, 0.25) is 0 Å². The third kappa shape index (κ3) is 3.96. The zero-order valence-corrected chi connectivity index (χ0v) is 13.9. The second-order valence-corrected chi connectivity index (χ2v) is 7.21. The van der Waals surface area contributed by atoms with Crippen molar-refractivity contribution in [3.05, 3.63) is 24.3 Å². The largest absolute Gasteiger partial charge is 0.497 e. The van der Waals surface area contributed by atoms with Gasteiger partial charge in [-0.3, -0.25) is 4.79 Å². The van der Waals surface area contributed by atoms with E-state index in [-0.39, 0.29) is 0 Å². The first-order chi connectivity index (χ1) is 10.7. The van der Waals surface area contributed by atoms with Crippen molar-refractivity contribution in [3.8, 4) is 5.75 Å². The van der Waals surface area contributed by atoms with Gasteiger partial charge in [0.1, 0.15) is 5.75 Å². The highest BCUT2D eigenvalue weighted by molar-refractivity contribution is 7.99. The van der Waals surface area contributed by atoms with Crippen LogP contribution in [0.5, 0.6) is 5.75 Å². The molecule has 0 aliphatic carbocycles. The number of amides is 1. The summed E-state index contributed by atoms with van der Waals surface area (Å²) < 4.78 is 5.15. The van der Waals surface area contributed by atoms with Crippen LogP contribution in [0.15, 0.2) is 29.2 Å². The maximum atomic E-state index is 12.4. The number of nitrogens with zero attached hydrogens (tertiary/aromatic N) is 1. The predicted octanol–water partition coefficient (Wildman–Crippen LogP) is 2.53. The minimum Gasteiger partial charge on any atom is -0.497 e. The van der Waals surface area contributed by atoms with Gasteiger partial charge in [0.05, 0.1) is 7.11 Å². The highest BCUT2D eigenvalue weighted by Crippen LogP contribution is 2.23. The molecule has 2 atom stereocenters. The van der Waals surface area contributed by atoms with Crippen molar-refractivity contribution in [2.75, 3.05) is 26.0 Å². The van der Waals surface area contributed by atoms with Crippen LogP contribution < -0.4 is 10.1 Å². The summed E-state index contributed by atoms with van der Waals surface area (Å²) in [5, 5.41) is 3.62. The molecule has 0 spiro atoms. The first-order valence-electron chi connectivity index (χ1n) is 8.05. The number of rotatable bonds is 5. The van der Waals surface area contributed by atoms with E-state index in [4.69, 9.17) is 4.74 Å². The second kappa shape index (κ2) is 7.38. The van der Waals surface area contributed by atoms with Crippen molar-refractivity contribution >= 4 is 17.7 Å². The number of nitrogens with one attached hydrogen (secondary N) is 1. The minimum absolute atomic E-state index is 0.301. The number of thioether (sulfide) groups is 1. The standard InChI is InChI=1S/C17H24N2O2S/c1-21-15-4-6-16(7-5-15)22-11-9-17(20)19-10-8-13-2-3-14(12-19)18-13/h4-7,13-14,18H,2-3,8-12H2,1H3. The molecular weight excluding hydrogens is 296 g/mol. The minimum atomic E-state index is 0.301. The molecule has 2 fully saturated rings. The van der Waals surface area contributed by atoms with Gasteiger partial charge in [0, 0.05) is 42.2 Å². The summed E-state index contributed by atoms with van der Waals surface area (Å²) in [4.78, 5) is 15.6. The number of fused-ring (bicyclic) bond motifs is 2. The van der Waals surface area contributed by atoms with Crippen molar-refractivity contribution in [1.29, 1.82) is 0 Å². The SMILES string of the molecule is COc1ccc(SCCC(=O)N2CCC3CCC(C2)N3)cc1. The fraction of sp³-hybridized carbons (Fsp3) is 0.588. The van der Waals surface area contributed by atoms with Gasteiger partial charge in [-0.05, 0) is 43.5 Å². The summed E-state index contributed by atoms with van der Waals surface area (Å²) in [7, 11) is 1.67. The number of carbonyl (C=O) groups excluding carboxylic acids is 1. The van der Waals surface area contributed by atoms with Crippen molar-refractivity contribution in [2.45, 2.75) is 42.7 Å². The van der Waals surface area contributed by atoms with Gasteiger partial charge in [0.2, 0.25) is 5.91 Å². The monoisotopic (exact) mass is 320 g/mol. The number of ether oxygens (including phenoxy) is 1. The molecular formula is C17H24N2O2S. The van der Waals surface area contributed by atoms with E-state index in [0.29, 0.717) is 24.4 Å². The summed E-state index contributed by atoms with van der Waals surface area (Å²) >= 11 is 1.73. The van der Waals surface area contributed by atoms with Gasteiger partial charge < -0.3 is 15.0 Å². The summed E-state index contributed by atoms with van der Waals surface area (Å²) in [5.74, 6) is 2.01. The van der Waals surface area contributed by atoms with Crippen molar-refractivity contribution in [1.82, 2.24) is 10.2 Å². The van der Waals surface area contributed by atoms with Crippen LogP contribution in [0, 0.1) is 0 Å². The van der Waals surface area contributed by atoms with E-state index in [1.165, 1.54) is 17.7 Å². The van der Waals surface area contributed by atoms with E-state index in [1.54, 1.807) is 18.9 Å². The fourth-order valence-corrected chi connectivity index (χ4v) is 4.10. The smallest absolute Gasteiger partial charge is 0.223 e. The molecule has 0 aromatic heterocycles. The molecule has 2 aliphatic rings. The van der Waals surface area contributed by atoms with Crippen molar-refractivity contribution in [3.63, 3.8) is 0 Å². The number of methoxy groups -OCH3 is 1. The molecule has 0 radical (unpaired) electrons. The average molecular weight is 320 g/mol. The third-order valence-corrected chi connectivity index (χ3v) is 5.53. The Morgan fingerprint density at radius 3 is 2.82 bits per heavy atom. The Balaban J connectivity index is 1.43. The molecule has 2 aliphatic heterocycles. The Labute approximate surface area is 136 Å². The number of hydrogen-bond donors (Lipinski definition) is 1. The molecule has 2 saturated heterocycles. The summed E-state index contributed by atoms with van der Waals surface area (Å²) in [6.45, 7) is 1.81. The first kappa shape index (κ1) is 15.7.